The van der Waals surface area contributed by atoms with Crippen LogP contribution in [0, 0.1) is 0 Å². The molecule has 0 heterocycles. The van der Waals surface area contributed by atoms with E-state index in [4.69, 9.17) is 16.5 Å². The van der Waals surface area contributed by atoms with Gasteiger partial charge in [0.05, 0.1) is 0 Å². The van der Waals surface area contributed by atoms with E-state index in [1.165, 1.54) is 125 Å². The first-order valence-corrected chi connectivity index (χ1v) is 35.8. The molecule has 0 aromatic rings. The average molecular weight is 782 g/mol. The van der Waals surface area contributed by atoms with E-state index in [-0.39, 0.29) is 0 Å². The minimum Gasteiger partial charge on any atom is -0.436 e. The van der Waals surface area contributed by atoms with Gasteiger partial charge in [0, 0.05) is 0 Å². The average Bonchev–Trinajstić information content (AvgIpc) is 2.98. The first-order valence-electron chi connectivity index (χ1n) is 20.8. The molecule has 11 heteroatoms. The molecule has 4 nitrogen and oxygen atoms in total. The van der Waals surface area contributed by atoms with Gasteiger partial charge in [0.15, 0.2) is 18.1 Å². The van der Waals surface area contributed by atoms with Crippen molar-refractivity contribution in [2.75, 3.05) is 0 Å². The normalized spacial score (nSPS) is 13.4. The van der Waals surface area contributed by atoms with Crippen molar-refractivity contribution in [2.45, 2.75) is 233 Å². The topological polar surface area (TPSA) is 36.9 Å². The highest BCUT2D eigenvalue weighted by molar-refractivity contribution is 8.49. The van der Waals surface area contributed by atoms with Gasteiger partial charge in [-0.05, 0) is 72.5 Å². The molecule has 0 fully saturated rings. The van der Waals surface area contributed by atoms with Crippen LogP contribution in [0.15, 0.2) is 0 Å². The van der Waals surface area contributed by atoms with Crippen molar-refractivity contribution in [2.24, 2.45) is 0 Å². The second-order valence-electron chi connectivity index (χ2n) is 14.2. The van der Waals surface area contributed by atoms with Gasteiger partial charge in [0.25, 0.3) is 0 Å². The van der Waals surface area contributed by atoms with Crippen molar-refractivity contribution < 1.29 is 16.5 Å². The van der Waals surface area contributed by atoms with Crippen molar-refractivity contribution in [3.63, 3.8) is 0 Å². The van der Waals surface area contributed by atoms with Gasteiger partial charge in [-0.2, -0.15) is 10.7 Å². The zero-order valence-electron chi connectivity index (χ0n) is 34.0. The summed E-state index contributed by atoms with van der Waals surface area (Å²) < 4.78 is 31.4. The molecule has 47 heavy (non-hydrogen) atoms. The fourth-order valence-electron chi connectivity index (χ4n) is 7.56. The molecule has 0 aliphatic rings. The van der Waals surface area contributed by atoms with Crippen molar-refractivity contribution >= 4 is 60.8 Å². The predicted molar refractivity (Wildman–Crippen MR) is 228 cm³/mol. The van der Waals surface area contributed by atoms with Gasteiger partial charge in [-0.15, -0.1) is 0 Å². The lowest BCUT2D eigenvalue weighted by atomic mass is 10.6. The summed E-state index contributed by atoms with van der Waals surface area (Å²) in [6, 6.07) is 14.7. The van der Waals surface area contributed by atoms with E-state index in [1.54, 1.807) is 0 Å². The van der Waals surface area contributed by atoms with Crippen LogP contribution >= 0.6 is 10.7 Å². The molecule has 282 valence electrons. The molecule has 0 saturated carbocycles. The Labute approximate surface area is 308 Å². The van der Waals surface area contributed by atoms with Crippen LogP contribution in [-0.4, -0.2) is 50.1 Å². The number of rotatable bonds is 34. The zero-order valence-corrected chi connectivity index (χ0v) is 40.8. The molecule has 0 aliphatic carbocycles. The van der Waals surface area contributed by atoms with Crippen LogP contribution in [0.3, 0.4) is 0 Å². The molecule has 0 aromatic carbocycles. The van der Waals surface area contributed by atoms with Gasteiger partial charge in [-0.3, -0.25) is 0 Å². The molecule has 0 atom stereocenters. The van der Waals surface area contributed by atoms with Crippen LogP contribution in [0.2, 0.25) is 72.5 Å². The maximum absolute atomic E-state index is 8.13. The van der Waals surface area contributed by atoms with Gasteiger partial charge in [-0.25, -0.2) is 0 Å². The van der Waals surface area contributed by atoms with Crippen LogP contribution in [-0.2, 0) is 16.5 Å². The first-order chi connectivity index (χ1) is 22.6. The molecular weight excluding hydrogens is 697 g/mol. The molecular formula is C36H84O4SSi6. The Bertz CT molecular complexity index is 644. The monoisotopic (exact) mass is 780 g/mol. The lowest BCUT2D eigenvalue weighted by Crippen LogP contribution is -2.59. The molecule has 0 spiro atoms. The Morgan fingerprint density at radius 2 is 0.574 bits per heavy atom. The van der Waals surface area contributed by atoms with E-state index in [9.17, 15) is 0 Å². The highest BCUT2D eigenvalue weighted by atomic mass is 32.5. The fraction of sp³-hybridized carbons (Fsp3) is 1.00. The minimum atomic E-state index is -2.39. The van der Waals surface area contributed by atoms with Crippen molar-refractivity contribution in [1.29, 1.82) is 0 Å². The van der Waals surface area contributed by atoms with Gasteiger partial charge >= 0.3 is 17.1 Å². The summed E-state index contributed by atoms with van der Waals surface area (Å²) in [5.74, 6) is 0. The standard InChI is InChI=1S/C36H84O4SSi6/c1-13-25-42(26-14-2)37-44(29-17-5,30-18-6)39-46(33-21-9,34-22-10)41-47(35-23-11,36-24-12)40-45(31-19-7,32-20-8)38-43(27-15-3)28-16-4/h13-36H2,1-12H3. The highest BCUT2D eigenvalue weighted by Gasteiger charge is 2.55. The fourth-order valence-corrected chi connectivity index (χ4v) is 57.3. The Morgan fingerprint density at radius 1 is 0.340 bits per heavy atom. The summed E-state index contributed by atoms with van der Waals surface area (Å²) in [4.78, 5) is 0. The molecule has 0 aliphatic heterocycles. The van der Waals surface area contributed by atoms with Crippen LogP contribution in [0.5, 0.6) is 0 Å². The van der Waals surface area contributed by atoms with E-state index in [2.05, 4.69) is 93.7 Å². The Balaban J connectivity index is 7.32. The van der Waals surface area contributed by atoms with Crippen LogP contribution in [0.25, 0.3) is 0 Å². The predicted octanol–water partition coefficient (Wildman–Crippen LogP) is 14.5. The van der Waals surface area contributed by atoms with E-state index in [0.717, 1.165) is 24.2 Å². The van der Waals surface area contributed by atoms with Gasteiger partial charge in [0.2, 0.25) is 14.9 Å². The van der Waals surface area contributed by atoms with E-state index < -0.39 is 50.1 Å². The molecule has 0 bridgehead atoms. The molecule has 0 amide bonds. The number of hydrogen-bond acceptors (Lipinski definition) is 5. The molecule has 0 aromatic heterocycles. The SMILES string of the molecule is CCC[Si](CCC)O[Si](CCC)(CCC)O[Si](CCC)(CCC)S[Si](CCC)(CCC)O[Si](CCC)(CCC)O[Si](CCC)CCC. The highest BCUT2D eigenvalue weighted by Crippen LogP contribution is 2.49. The Hall–Kier alpha value is 1.49. The van der Waals surface area contributed by atoms with Gasteiger partial charge in [0.1, 0.15) is 0 Å². The van der Waals surface area contributed by atoms with E-state index in [1.807, 2.05) is 0 Å². The minimum absolute atomic E-state index is 0.857. The third kappa shape index (κ3) is 18.2. The van der Waals surface area contributed by atoms with Crippen LogP contribution < -0.4 is 0 Å². The second kappa shape index (κ2) is 28.1. The molecule has 0 saturated heterocycles. The zero-order chi connectivity index (χ0) is 35.7. The summed E-state index contributed by atoms with van der Waals surface area (Å²) in [5.41, 5.74) is 0. The smallest absolute Gasteiger partial charge is 0.318 e. The lowest BCUT2D eigenvalue weighted by molar-refractivity contribution is 0.370. The second-order valence-corrected chi connectivity index (χ2v) is 40.1. The first kappa shape index (κ1) is 48.5. The van der Waals surface area contributed by atoms with Crippen LogP contribution in [0.4, 0.5) is 0 Å². The summed E-state index contributed by atoms with van der Waals surface area (Å²) in [6.07, 6.45) is 14.4. The summed E-state index contributed by atoms with van der Waals surface area (Å²) in [5, 5.41) is 0. The van der Waals surface area contributed by atoms with E-state index >= 15 is 0 Å². The maximum atomic E-state index is 8.13. The van der Waals surface area contributed by atoms with E-state index in [0.29, 0.717) is 0 Å². The number of hydrogen-bond donors (Lipinski definition) is 0. The summed E-state index contributed by atoms with van der Waals surface area (Å²) in [6.45, 7) is 28.6. The molecule has 0 unspecified atom stereocenters. The third-order valence-corrected chi connectivity index (χ3v) is 48.1. The third-order valence-electron chi connectivity index (χ3n) is 8.94. The Morgan fingerprint density at radius 3 is 0.766 bits per heavy atom. The van der Waals surface area contributed by atoms with Crippen molar-refractivity contribution in [3.05, 3.63) is 0 Å². The van der Waals surface area contributed by atoms with Gasteiger partial charge in [-0.1, -0.05) is 160 Å². The maximum Gasteiger partial charge on any atom is 0.318 e. The van der Waals surface area contributed by atoms with Gasteiger partial charge < -0.3 is 16.5 Å². The van der Waals surface area contributed by atoms with Crippen molar-refractivity contribution in [1.82, 2.24) is 0 Å². The summed E-state index contributed by atoms with van der Waals surface area (Å²) >= 11 is 0. The Kier molecular flexibility index (Phi) is 28.9. The molecule has 2 radical (unpaired) electrons. The molecule has 0 rings (SSSR count). The largest absolute Gasteiger partial charge is 0.436 e. The van der Waals surface area contributed by atoms with Crippen LogP contribution in [0.1, 0.15) is 160 Å². The van der Waals surface area contributed by atoms with Crippen molar-refractivity contribution in [3.8, 4) is 0 Å². The quantitative estimate of drug-likeness (QED) is 0.0608. The molecule has 0 N–H and O–H groups in total. The lowest BCUT2D eigenvalue weighted by Gasteiger charge is -2.49. The summed E-state index contributed by atoms with van der Waals surface area (Å²) in [7, 11) is -8.60.